The minimum atomic E-state index is -0.0415. The van der Waals surface area contributed by atoms with Crippen LogP contribution in [0.25, 0.3) is 0 Å². The van der Waals surface area contributed by atoms with E-state index in [1.54, 1.807) is 23.6 Å². The predicted molar refractivity (Wildman–Crippen MR) is 103 cm³/mol. The van der Waals surface area contributed by atoms with E-state index in [2.05, 4.69) is 15.0 Å². The van der Waals surface area contributed by atoms with E-state index in [1.165, 1.54) is 11.2 Å². The lowest BCUT2D eigenvalue weighted by atomic mass is 9.96. The largest absolute Gasteiger partial charge is 0.345 e. The first-order valence-electron chi connectivity index (χ1n) is 9.23. The number of thiazole rings is 1. The number of aryl methyl sites for hydroxylation is 2. The number of amides is 2. The van der Waals surface area contributed by atoms with E-state index in [9.17, 15) is 9.59 Å². The van der Waals surface area contributed by atoms with Gasteiger partial charge in [0.05, 0.1) is 11.2 Å². The minimum absolute atomic E-state index is 0.0415. The fourth-order valence-electron chi connectivity index (χ4n) is 3.36. The molecule has 144 valence electrons. The van der Waals surface area contributed by atoms with Gasteiger partial charge in [-0.25, -0.2) is 15.0 Å². The molecule has 0 saturated carbocycles. The number of likely N-dealkylation sites (tertiary alicyclic amines) is 1. The SMILES string of the molecule is Cc1ncsc1CCC(=O)N(C)CC1CCN(C(=O)c2ccncn2)CC1. The van der Waals surface area contributed by atoms with Crippen molar-refractivity contribution >= 4 is 23.2 Å². The summed E-state index contributed by atoms with van der Waals surface area (Å²) in [6, 6.07) is 1.64. The number of hydrogen-bond donors (Lipinski definition) is 0. The second-order valence-corrected chi connectivity index (χ2v) is 7.90. The Morgan fingerprint density at radius 3 is 2.70 bits per heavy atom. The van der Waals surface area contributed by atoms with E-state index in [1.807, 2.05) is 29.3 Å². The van der Waals surface area contributed by atoms with Crippen molar-refractivity contribution in [3.63, 3.8) is 0 Å². The molecule has 2 amide bonds. The summed E-state index contributed by atoms with van der Waals surface area (Å²) >= 11 is 1.61. The van der Waals surface area contributed by atoms with Crippen molar-refractivity contribution in [3.05, 3.63) is 40.4 Å². The zero-order valence-electron chi connectivity index (χ0n) is 15.8. The average Bonchev–Trinajstić information content (AvgIpc) is 3.11. The second kappa shape index (κ2) is 9.03. The van der Waals surface area contributed by atoms with Crippen LogP contribution in [0.15, 0.2) is 24.1 Å². The quantitative estimate of drug-likeness (QED) is 0.759. The first-order chi connectivity index (χ1) is 13.0. The molecule has 8 heteroatoms. The molecule has 1 aliphatic heterocycles. The Hall–Kier alpha value is -2.35. The molecule has 0 aliphatic carbocycles. The number of carbonyl (C=O) groups is 2. The standard InChI is InChI=1S/C19H25N5O2S/c1-14-17(27-13-22-14)3-4-18(25)23(2)11-15-6-9-24(10-7-15)19(26)16-5-8-20-12-21-16/h5,8,12-13,15H,3-4,6-7,9-11H2,1-2H3. The van der Waals surface area contributed by atoms with Crippen LogP contribution in [-0.2, 0) is 11.2 Å². The number of aromatic nitrogens is 3. The van der Waals surface area contributed by atoms with Crippen molar-refractivity contribution in [2.45, 2.75) is 32.6 Å². The van der Waals surface area contributed by atoms with Gasteiger partial charge in [-0.15, -0.1) is 11.3 Å². The van der Waals surface area contributed by atoms with Crippen molar-refractivity contribution < 1.29 is 9.59 Å². The number of hydrogen-bond acceptors (Lipinski definition) is 6. The third-order valence-corrected chi connectivity index (χ3v) is 6.07. The normalized spacial score (nSPS) is 15.0. The Bertz CT molecular complexity index is 771. The molecular formula is C19H25N5O2S. The third kappa shape index (κ3) is 5.09. The lowest BCUT2D eigenvalue weighted by Crippen LogP contribution is -2.42. The Morgan fingerprint density at radius 2 is 2.07 bits per heavy atom. The molecule has 0 bridgehead atoms. The summed E-state index contributed by atoms with van der Waals surface area (Å²) < 4.78 is 0. The highest BCUT2D eigenvalue weighted by Gasteiger charge is 2.25. The zero-order valence-corrected chi connectivity index (χ0v) is 16.6. The number of carbonyl (C=O) groups excluding carboxylic acids is 2. The summed E-state index contributed by atoms with van der Waals surface area (Å²) in [5.41, 5.74) is 3.29. The van der Waals surface area contributed by atoms with Crippen LogP contribution in [0.1, 0.15) is 40.3 Å². The van der Waals surface area contributed by atoms with Crippen molar-refractivity contribution in [2.75, 3.05) is 26.7 Å². The highest BCUT2D eigenvalue weighted by molar-refractivity contribution is 7.09. The van der Waals surface area contributed by atoms with Gasteiger partial charge in [0.1, 0.15) is 12.0 Å². The van der Waals surface area contributed by atoms with Gasteiger partial charge in [-0.05, 0) is 38.2 Å². The van der Waals surface area contributed by atoms with Crippen molar-refractivity contribution in [2.24, 2.45) is 5.92 Å². The highest BCUT2D eigenvalue weighted by Crippen LogP contribution is 2.20. The minimum Gasteiger partial charge on any atom is -0.345 e. The van der Waals surface area contributed by atoms with E-state index in [0.717, 1.165) is 31.5 Å². The van der Waals surface area contributed by atoms with E-state index in [0.29, 0.717) is 31.1 Å². The molecule has 0 atom stereocenters. The van der Waals surface area contributed by atoms with Gasteiger partial charge in [0, 0.05) is 44.2 Å². The molecule has 2 aromatic rings. The second-order valence-electron chi connectivity index (χ2n) is 6.97. The van der Waals surface area contributed by atoms with Gasteiger partial charge in [0.25, 0.3) is 5.91 Å². The van der Waals surface area contributed by atoms with E-state index in [-0.39, 0.29) is 11.8 Å². The molecule has 7 nitrogen and oxygen atoms in total. The Kier molecular flexibility index (Phi) is 6.49. The first-order valence-corrected chi connectivity index (χ1v) is 10.1. The molecule has 0 aromatic carbocycles. The van der Waals surface area contributed by atoms with E-state index >= 15 is 0 Å². The maximum atomic E-state index is 12.4. The molecule has 1 fully saturated rings. The summed E-state index contributed by atoms with van der Waals surface area (Å²) in [5.74, 6) is 0.557. The lowest BCUT2D eigenvalue weighted by Gasteiger charge is -2.33. The number of piperidine rings is 1. The van der Waals surface area contributed by atoms with Crippen LogP contribution in [0.4, 0.5) is 0 Å². The topological polar surface area (TPSA) is 79.3 Å². The van der Waals surface area contributed by atoms with Crippen molar-refractivity contribution in [1.82, 2.24) is 24.8 Å². The number of rotatable bonds is 6. The van der Waals surface area contributed by atoms with E-state index < -0.39 is 0 Å². The molecule has 2 aromatic heterocycles. The van der Waals surface area contributed by atoms with Gasteiger partial charge in [-0.2, -0.15) is 0 Å². The molecule has 27 heavy (non-hydrogen) atoms. The summed E-state index contributed by atoms with van der Waals surface area (Å²) in [6.45, 7) is 4.14. The van der Waals surface area contributed by atoms with Crippen LogP contribution in [-0.4, -0.2) is 63.2 Å². The van der Waals surface area contributed by atoms with Gasteiger partial charge in [0.15, 0.2) is 0 Å². The van der Waals surface area contributed by atoms with Crippen LogP contribution >= 0.6 is 11.3 Å². The Labute approximate surface area is 163 Å². The molecule has 3 rings (SSSR count). The van der Waals surface area contributed by atoms with Gasteiger partial charge in [0.2, 0.25) is 5.91 Å². The average molecular weight is 388 g/mol. The van der Waals surface area contributed by atoms with Crippen molar-refractivity contribution in [1.29, 1.82) is 0 Å². The van der Waals surface area contributed by atoms with Gasteiger partial charge in [-0.3, -0.25) is 9.59 Å². The van der Waals surface area contributed by atoms with Gasteiger partial charge in [-0.1, -0.05) is 0 Å². The lowest BCUT2D eigenvalue weighted by molar-refractivity contribution is -0.130. The van der Waals surface area contributed by atoms with Crippen LogP contribution in [0, 0.1) is 12.8 Å². The first kappa shape index (κ1) is 19.4. The summed E-state index contributed by atoms with van der Waals surface area (Å²) in [6.07, 6.45) is 6.07. The molecule has 0 unspecified atom stereocenters. The molecule has 0 radical (unpaired) electrons. The van der Waals surface area contributed by atoms with Gasteiger partial charge >= 0.3 is 0 Å². The van der Waals surface area contributed by atoms with Gasteiger partial charge < -0.3 is 9.80 Å². The molecule has 0 spiro atoms. The fraction of sp³-hybridized carbons (Fsp3) is 0.526. The molecule has 0 N–H and O–H groups in total. The molecule has 3 heterocycles. The van der Waals surface area contributed by atoms with Crippen molar-refractivity contribution in [3.8, 4) is 0 Å². The van der Waals surface area contributed by atoms with Crippen LogP contribution in [0.5, 0.6) is 0 Å². The molecule has 1 aliphatic rings. The summed E-state index contributed by atoms with van der Waals surface area (Å²) in [7, 11) is 1.88. The Morgan fingerprint density at radius 1 is 1.30 bits per heavy atom. The maximum Gasteiger partial charge on any atom is 0.272 e. The molecule has 1 saturated heterocycles. The number of nitrogens with zero attached hydrogens (tertiary/aromatic N) is 5. The highest BCUT2D eigenvalue weighted by atomic mass is 32.1. The van der Waals surface area contributed by atoms with Crippen LogP contribution in [0.2, 0.25) is 0 Å². The zero-order chi connectivity index (χ0) is 19.2. The van der Waals surface area contributed by atoms with Crippen LogP contribution < -0.4 is 0 Å². The van der Waals surface area contributed by atoms with E-state index in [4.69, 9.17) is 0 Å². The monoisotopic (exact) mass is 387 g/mol. The fourth-order valence-corrected chi connectivity index (χ4v) is 4.15. The third-order valence-electron chi connectivity index (χ3n) is 5.07. The molecular weight excluding hydrogens is 362 g/mol. The smallest absolute Gasteiger partial charge is 0.272 e. The summed E-state index contributed by atoms with van der Waals surface area (Å²) in [5, 5.41) is 0. The Balaban J connectivity index is 1.42. The predicted octanol–water partition coefficient (Wildman–Crippen LogP) is 2.18. The maximum absolute atomic E-state index is 12.4. The van der Waals surface area contributed by atoms with Crippen LogP contribution in [0.3, 0.4) is 0 Å². The summed E-state index contributed by atoms with van der Waals surface area (Å²) in [4.78, 5) is 41.8.